The molecule has 0 spiro atoms. The molecule has 8 nitrogen and oxygen atoms in total. The Hall–Kier alpha value is -2.68. The molecule has 0 atom stereocenters. The Morgan fingerprint density at radius 3 is 2.62 bits per heavy atom. The van der Waals surface area contributed by atoms with Gasteiger partial charge in [0.1, 0.15) is 5.82 Å². The summed E-state index contributed by atoms with van der Waals surface area (Å²) >= 11 is 0. The van der Waals surface area contributed by atoms with E-state index >= 15 is 0 Å². The highest BCUT2D eigenvalue weighted by atomic mass is 19.1. The molecule has 2 aromatic rings. The Balaban J connectivity index is 1.78. The average Bonchev–Trinajstić information content (AvgIpc) is 2.61. The second-order valence-corrected chi connectivity index (χ2v) is 6.53. The Labute approximate surface area is 152 Å². The Bertz CT molecular complexity index is 760. The monoisotopic (exact) mass is 360 g/mol. The molecule has 1 fully saturated rings. The second-order valence-electron chi connectivity index (χ2n) is 6.53. The Morgan fingerprint density at radius 2 is 1.96 bits per heavy atom. The minimum Gasteiger partial charge on any atom is -0.386 e. The van der Waals surface area contributed by atoms with Gasteiger partial charge < -0.3 is 26.2 Å². The fourth-order valence-electron chi connectivity index (χ4n) is 3.06. The van der Waals surface area contributed by atoms with Crippen molar-refractivity contribution in [3.8, 4) is 0 Å². The number of rotatable bonds is 5. The molecule has 0 unspecified atom stereocenters. The van der Waals surface area contributed by atoms with Crippen LogP contribution in [0.5, 0.6) is 0 Å². The van der Waals surface area contributed by atoms with Crippen molar-refractivity contribution in [2.24, 2.45) is 0 Å². The third kappa shape index (κ3) is 4.10. The number of nitrogens with one attached hydrogen (secondary N) is 2. The zero-order chi connectivity index (χ0) is 18.7. The lowest BCUT2D eigenvalue weighted by atomic mass is 10.0. The molecule has 26 heavy (non-hydrogen) atoms. The zero-order valence-electron chi connectivity index (χ0n) is 15.3. The van der Waals surface area contributed by atoms with Gasteiger partial charge in [-0.2, -0.15) is 15.0 Å². The Kier molecular flexibility index (Phi) is 5.36. The summed E-state index contributed by atoms with van der Waals surface area (Å²) in [4.78, 5) is 17.2. The van der Waals surface area contributed by atoms with Crippen molar-refractivity contribution >= 4 is 29.2 Å². The number of aromatic nitrogens is 3. The predicted molar refractivity (Wildman–Crippen MR) is 102 cm³/mol. The fraction of sp³-hybridized carbons (Fsp3) is 0.471. The van der Waals surface area contributed by atoms with Crippen molar-refractivity contribution in [2.75, 3.05) is 55.5 Å². The van der Waals surface area contributed by atoms with Gasteiger partial charge in [0.2, 0.25) is 17.8 Å². The number of hydrogen-bond acceptors (Lipinski definition) is 8. The number of anilines is 5. The molecule has 3 rings (SSSR count). The number of nitrogens with two attached hydrogens (primary N) is 1. The topological polar surface area (TPSA) is 95.2 Å². The van der Waals surface area contributed by atoms with Crippen LogP contribution in [-0.4, -0.2) is 60.1 Å². The summed E-state index contributed by atoms with van der Waals surface area (Å²) in [5.41, 5.74) is 6.82. The van der Waals surface area contributed by atoms with Gasteiger partial charge in [-0.15, -0.1) is 0 Å². The van der Waals surface area contributed by atoms with Gasteiger partial charge in [0.15, 0.2) is 0 Å². The molecule has 1 aromatic heterocycles. The van der Waals surface area contributed by atoms with E-state index in [1.165, 1.54) is 6.07 Å². The van der Waals surface area contributed by atoms with Crippen LogP contribution in [0.2, 0.25) is 0 Å². The molecule has 1 aliphatic heterocycles. The van der Waals surface area contributed by atoms with E-state index in [2.05, 4.69) is 37.5 Å². The number of halogens is 1. The summed E-state index contributed by atoms with van der Waals surface area (Å²) in [5.74, 6) is 0.582. The van der Waals surface area contributed by atoms with E-state index in [-0.39, 0.29) is 11.8 Å². The lowest BCUT2D eigenvalue weighted by molar-refractivity contribution is 0.252. The van der Waals surface area contributed by atoms with Crippen LogP contribution in [0.25, 0.3) is 0 Å². The molecule has 4 N–H and O–H groups in total. The number of benzene rings is 1. The first-order chi connectivity index (χ1) is 12.5. The van der Waals surface area contributed by atoms with Gasteiger partial charge in [0, 0.05) is 25.8 Å². The molecule has 1 aliphatic rings. The second kappa shape index (κ2) is 7.69. The minimum absolute atomic E-state index is 0.129. The lowest BCUT2D eigenvalue weighted by Gasteiger charge is -2.35. The van der Waals surface area contributed by atoms with E-state index in [0.29, 0.717) is 29.3 Å². The van der Waals surface area contributed by atoms with Crippen LogP contribution < -0.4 is 21.3 Å². The highest BCUT2D eigenvalue weighted by molar-refractivity contribution is 5.60. The number of hydrogen-bond donors (Lipinski definition) is 3. The van der Waals surface area contributed by atoms with Crippen LogP contribution in [0.1, 0.15) is 12.8 Å². The molecule has 0 aliphatic carbocycles. The standard InChI is InChI=1S/C17H25FN8/c1-20-14-5-4-11(10-13(14)18)21-16-22-15(19)23-17(24-16)26(3)12-6-8-25(2)9-7-12/h4-5,10,12,20H,6-9H2,1-3H3,(H3,19,21,22,23,24). The van der Waals surface area contributed by atoms with Crippen LogP contribution in [0.4, 0.5) is 33.6 Å². The van der Waals surface area contributed by atoms with Crippen molar-refractivity contribution in [1.29, 1.82) is 0 Å². The van der Waals surface area contributed by atoms with Gasteiger partial charge in [-0.05, 0) is 51.2 Å². The van der Waals surface area contributed by atoms with Crippen LogP contribution in [-0.2, 0) is 0 Å². The van der Waals surface area contributed by atoms with Gasteiger partial charge in [0.05, 0.1) is 5.69 Å². The average molecular weight is 360 g/mol. The first-order valence-electron chi connectivity index (χ1n) is 8.63. The first-order valence-corrected chi connectivity index (χ1v) is 8.63. The molecule has 140 valence electrons. The van der Waals surface area contributed by atoms with E-state index in [0.717, 1.165) is 25.9 Å². The van der Waals surface area contributed by atoms with Crippen LogP contribution in [0.3, 0.4) is 0 Å². The quantitative estimate of drug-likeness (QED) is 0.744. The lowest BCUT2D eigenvalue weighted by Crippen LogP contribution is -2.42. The molecule has 0 amide bonds. The first kappa shape index (κ1) is 18.1. The molecule has 1 saturated heterocycles. The third-order valence-corrected chi connectivity index (χ3v) is 4.69. The van der Waals surface area contributed by atoms with E-state index in [1.54, 1.807) is 19.2 Å². The minimum atomic E-state index is -0.358. The van der Waals surface area contributed by atoms with Gasteiger partial charge in [-0.3, -0.25) is 0 Å². The molecule has 0 saturated carbocycles. The van der Waals surface area contributed by atoms with Gasteiger partial charge in [-0.25, -0.2) is 4.39 Å². The summed E-state index contributed by atoms with van der Waals surface area (Å²) in [6, 6.07) is 5.13. The van der Waals surface area contributed by atoms with Crippen molar-refractivity contribution in [3.63, 3.8) is 0 Å². The number of nitrogen functional groups attached to an aromatic ring is 1. The largest absolute Gasteiger partial charge is 0.386 e. The molecule has 0 radical (unpaired) electrons. The van der Waals surface area contributed by atoms with E-state index < -0.39 is 0 Å². The molecule has 1 aromatic carbocycles. The SMILES string of the molecule is CNc1ccc(Nc2nc(N)nc(N(C)C3CCN(C)CC3)n2)cc1F. The number of piperidine rings is 1. The highest BCUT2D eigenvalue weighted by Crippen LogP contribution is 2.23. The van der Waals surface area contributed by atoms with Crippen molar-refractivity contribution in [1.82, 2.24) is 19.9 Å². The highest BCUT2D eigenvalue weighted by Gasteiger charge is 2.23. The van der Waals surface area contributed by atoms with E-state index in [4.69, 9.17) is 5.73 Å². The Morgan fingerprint density at radius 1 is 1.23 bits per heavy atom. The zero-order valence-corrected chi connectivity index (χ0v) is 15.3. The summed E-state index contributed by atoms with van der Waals surface area (Å²) in [6.07, 6.45) is 2.08. The maximum Gasteiger partial charge on any atom is 0.233 e. The van der Waals surface area contributed by atoms with Gasteiger partial charge in [-0.1, -0.05) is 0 Å². The van der Waals surface area contributed by atoms with Crippen molar-refractivity contribution in [2.45, 2.75) is 18.9 Å². The number of nitrogens with zero attached hydrogens (tertiary/aromatic N) is 5. The molecular weight excluding hydrogens is 335 g/mol. The van der Waals surface area contributed by atoms with Crippen LogP contribution >= 0.6 is 0 Å². The smallest absolute Gasteiger partial charge is 0.233 e. The normalized spacial score (nSPS) is 15.7. The predicted octanol–water partition coefficient (Wildman–Crippen LogP) is 1.91. The van der Waals surface area contributed by atoms with Gasteiger partial charge >= 0.3 is 0 Å². The maximum atomic E-state index is 13.9. The fourth-order valence-corrected chi connectivity index (χ4v) is 3.06. The van der Waals surface area contributed by atoms with Crippen molar-refractivity contribution in [3.05, 3.63) is 24.0 Å². The van der Waals surface area contributed by atoms with E-state index in [9.17, 15) is 4.39 Å². The third-order valence-electron chi connectivity index (χ3n) is 4.69. The van der Waals surface area contributed by atoms with Crippen LogP contribution in [0, 0.1) is 5.82 Å². The molecule has 2 heterocycles. The number of likely N-dealkylation sites (tertiary alicyclic amines) is 1. The van der Waals surface area contributed by atoms with Crippen LogP contribution in [0.15, 0.2) is 18.2 Å². The van der Waals surface area contributed by atoms with E-state index in [1.807, 2.05) is 11.9 Å². The molecular formula is C17H25FN8. The summed E-state index contributed by atoms with van der Waals surface area (Å²) in [5, 5.41) is 5.78. The summed E-state index contributed by atoms with van der Waals surface area (Å²) < 4.78 is 13.9. The maximum absolute atomic E-state index is 13.9. The molecule has 0 bridgehead atoms. The van der Waals surface area contributed by atoms with Gasteiger partial charge in [0.25, 0.3) is 0 Å². The van der Waals surface area contributed by atoms with Crippen molar-refractivity contribution < 1.29 is 4.39 Å². The molecule has 9 heteroatoms. The summed E-state index contributed by atoms with van der Waals surface area (Å²) in [6.45, 7) is 2.08. The summed E-state index contributed by atoms with van der Waals surface area (Å²) in [7, 11) is 5.76.